The summed E-state index contributed by atoms with van der Waals surface area (Å²) in [5, 5.41) is 2.80. The van der Waals surface area contributed by atoms with Gasteiger partial charge in [0, 0.05) is 19.0 Å². The lowest BCUT2D eigenvalue weighted by Gasteiger charge is -2.33. The zero-order valence-electron chi connectivity index (χ0n) is 13.0. The van der Waals surface area contributed by atoms with Gasteiger partial charge in [-0.05, 0) is 33.1 Å². The molecule has 1 N–H and O–H groups in total. The van der Waals surface area contributed by atoms with Gasteiger partial charge in [0.2, 0.25) is 11.8 Å². The zero-order chi connectivity index (χ0) is 14.6. The topological polar surface area (TPSA) is 49.4 Å². The van der Waals surface area contributed by atoms with Gasteiger partial charge in [0.1, 0.15) is 5.54 Å². The summed E-state index contributed by atoms with van der Waals surface area (Å²) in [5.74, 6) is 0.706. The molecule has 19 heavy (non-hydrogen) atoms. The molecule has 4 nitrogen and oxygen atoms in total. The fraction of sp³-hybridized carbons (Fsp3) is 0.867. The van der Waals surface area contributed by atoms with Crippen LogP contribution in [0.25, 0.3) is 0 Å². The number of carbonyl (C=O) groups is 2. The van der Waals surface area contributed by atoms with E-state index in [4.69, 9.17) is 0 Å². The SMILES string of the molecule is CC(C)CCCC(C)N1CCC(=O)NC(C)(C)C1=O. The monoisotopic (exact) mass is 268 g/mol. The minimum atomic E-state index is -0.778. The van der Waals surface area contributed by atoms with Crippen LogP contribution in [0.15, 0.2) is 0 Å². The molecule has 110 valence electrons. The molecule has 1 aliphatic rings. The maximum Gasteiger partial charge on any atom is 0.247 e. The summed E-state index contributed by atoms with van der Waals surface area (Å²) in [5.41, 5.74) is -0.778. The van der Waals surface area contributed by atoms with Crippen LogP contribution in [0.4, 0.5) is 0 Å². The van der Waals surface area contributed by atoms with Gasteiger partial charge in [0.05, 0.1) is 0 Å². The molecule has 0 aromatic heterocycles. The minimum Gasteiger partial charge on any atom is -0.342 e. The molecule has 0 saturated carbocycles. The molecule has 0 spiro atoms. The van der Waals surface area contributed by atoms with Gasteiger partial charge in [-0.25, -0.2) is 0 Å². The van der Waals surface area contributed by atoms with Crippen LogP contribution >= 0.6 is 0 Å². The summed E-state index contributed by atoms with van der Waals surface area (Å²) in [6.45, 7) is 10.6. The van der Waals surface area contributed by atoms with Crippen LogP contribution in [0, 0.1) is 5.92 Å². The molecule has 1 unspecified atom stereocenters. The highest BCUT2D eigenvalue weighted by Crippen LogP contribution is 2.19. The van der Waals surface area contributed by atoms with Crippen LogP contribution in [-0.2, 0) is 9.59 Å². The van der Waals surface area contributed by atoms with Gasteiger partial charge in [-0.3, -0.25) is 9.59 Å². The molecule has 1 aliphatic heterocycles. The van der Waals surface area contributed by atoms with E-state index in [1.54, 1.807) is 13.8 Å². The van der Waals surface area contributed by atoms with E-state index in [0.29, 0.717) is 18.9 Å². The van der Waals surface area contributed by atoms with Gasteiger partial charge < -0.3 is 10.2 Å². The molecule has 0 aromatic carbocycles. The van der Waals surface area contributed by atoms with Crippen LogP contribution in [0.5, 0.6) is 0 Å². The van der Waals surface area contributed by atoms with Crippen LogP contribution in [0.3, 0.4) is 0 Å². The van der Waals surface area contributed by atoms with E-state index >= 15 is 0 Å². The first-order valence-electron chi connectivity index (χ1n) is 7.36. The molecule has 1 saturated heterocycles. The lowest BCUT2D eigenvalue weighted by molar-refractivity contribution is -0.139. The van der Waals surface area contributed by atoms with Crippen molar-refractivity contribution in [3.63, 3.8) is 0 Å². The van der Waals surface area contributed by atoms with Crippen molar-refractivity contribution in [1.82, 2.24) is 10.2 Å². The molecule has 1 atom stereocenters. The number of nitrogens with one attached hydrogen (secondary N) is 1. The van der Waals surface area contributed by atoms with E-state index in [1.165, 1.54) is 6.42 Å². The minimum absolute atomic E-state index is 0.0322. The smallest absolute Gasteiger partial charge is 0.247 e. The molecule has 0 bridgehead atoms. The first-order chi connectivity index (χ1) is 8.74. The van der Waals surface area contributed by atoms with Crippen molar-refractivity contribution in [1.29, 1.82) is 0 Å². The normalized spacial score (nSPS) is 21.3. The Labute approximate surface area is 116 Å². The van der Waals surface area contributed by atoms with Crippen molar-refractivity contribution >= 4 is 11.8 Å². The van der Waals surface area contributed by atoms with Gasteiger partial charge in [0.15, 0.2) is 0 Å². The first kappa shape index (κ1) is 16.0. The van der Waals surface area contributed by atoms with Crippen molar-refractivity contribution in [2.24, 2.45) is 5.92 Å². The highest BCUT2D eigenvalue weighted by molar-refractivity contribution is 5.92. The van der Waals surface area contributed by atoms with Gasteiger partial charge in [-0.15, -0.1) is 0 Å². The fourth-order valence-corrected chi connectivity index (χ4v) is 2.54. The van der Waals surface area contributed by atoms with Crippen molar-refractivity contribution in [2.45, 2.75) is 71.9 Å². The number of rotatable bonds is 5. The molecule has 4 heteroatoms. The fourth-order valence-electron chi connectivity index (χ4n) is 2.54. The van der Waals surface area contributed by atoms with Crippen LogP contribution < -0.4 is 5.32 Å². The van der Waals surface area contributed by atoms with Crippen molar-refractivity contribution in [3.8, 4) is 0 Å². The summed E-state index contributed by atoms with van der Waals surface area (Å²) >= 11 is 0. The lowest BCUT2D eigenvalue weighted by Crippen LogP contribution is -2.54. The van der Waals surface area contributed by atoms with E-state index in [9.17, 15) is 9.59 Å². The second-order valence-corrected chi connectivity index (χ2v) is 6.60. The van der Waals surface area contributed by atoms with Gasteiger partial charge >= 0.3 is 0 Å². The van der Waals surface area contributed by atoms with Crippen LogP contribution in [0.1, 0.15) is 60.3 Å². The third-order valence-electron chi connectivity index (χ3n) is 3.76. The Morgan fingerprint density at radius 2 is 1.84 bits per heavy atom. The summed E-state index contributed by atoms with van der Waals surface area (Å²) in [6.07, 6.45) is 3.73. The molecule has 0 aliphatic carbocycles. The summed E-state index contributed by atoms with van der Waals surface area (Å²) < 4.78 is 0. The molecule has 1 fully saturated rings. The Morgan fingerprint density at radius 1 is 1.21 bits per heavy atom. The Hall–Kier alpha value is -1.06. The van der Waals surface area contributed by atoms with E-state index in [-0.39, 0.29) is 17.9 Å². The summed E-state index contributed by atoms with van der Waals surface area (Å²) in [7, 11) is 0. The molecule has 0 radical (unpaired) electrons. The molecular weight excluding hydrogens is 240 g/mol. The number of carbonyl (C=O) groups excluding carboxylic acids is 2. The number of hydrogen-bond acceptors (Lipinski definition) is 2. The van der Waals surface area contributed by atoms with Gasteiger partial charge in [0.25, 0.3) is 0 Å². The number of hydrogen-bond donors (Lipinski definition) is 1. The standard InChI is InChI=1S/C15H28N2O2/c1-11(2)7-6-8-12(3)17-10-9-13(18)16-15(4,5)14(17)19/h11-12H,6-10H2,1-5H3,(H,16,18). The average Bonchev–Trinajstić information content (AvgIpc) is 2.36. The quantitative estimate of drug-likeness (QED) is 0.832. The average molecular weight is 268 g/mol. The molecular formula is C15H28N2O2. The van der Waals surface area contributed by atoms with E-state index in [0.717, 1.165) is 12.8 Å². The highest BCUT2D eigenvalue weighted by Gasteiger charge is 2.37. The van der Waals surface area contributed by atoms with Crippen LogP contribution in [0.2, 0.25) is 0 Å². The van der Waals surface area contributed by atoms with Crippen molar-refractivity contribution in [3.05, 3.63) is 0 Å². The highest BCUT2D eigenvalue weighted by atomic mass is 16.2. The van der Waals surface area contributed by atoms with E-state index in [2.05, 4.69) is 26.1 Å². The summed E-state index contributed by atoms with van der Waals surface area (Å²) in [4.78, 5) is 26.0. The second-order valence-electron chi connectivity index (χ2n) is 6.60. The predicted octanol–water partition coefficient (Wildman–Crippen LogP) is 2.33. The third-order valence-corrected chi connectivity index (χ3v) is 3.76. The molecule has 1 rings (SSSR count). The van der Waals surface area contributed by atoms with Crippen molar-refractivity contribution in [2.75, 3.05) is 6.54 Å². The molecule has 2 amide bonds. The predicted molar refractivity (Wildman–Crippen MR) is 76.7 cm³/mol. The Kier molecular flexibility index (Phi) is 5.39. The molecule has 0 aromatic rings. The van der Waals surface area contributed by atoms with Crippen molar-refractivity contribution < 1.29 is 9.59 Å². The van der Waals surface area contributed by atoms with Crippen LogP contribution in [-0.4, -0.2) is 34.8 Å². The lowest BCUT2D eigenvalue weighted by atomic mass is 10.00. The Balaban J connectivity index is 2.64. The Bertz CT molecular complexity index is 337. The molecule has 1 heterocycles. The van der Waals surface area contributed by atoms with Gasteiger partial charge in [-0.2, -0.15) is 0 Å². The first-order valence-corrected chi connectivity index (χ1v) is 7.36. The Morgan fingerprint density at radius 3 is 2.42 bits per heavy atom. The number of amides is 2. The van der Waals surface area contributed by atoms with Gasteiger partial charge in [-0.1, -0.05) is 26.7 Å². The second kappa shape index (κ2) is 6.40. The largest absolute Gasteiger partial charge is 0.342 e. The zero-order valence-corrected chi connectivity index (χ0v) is 13.0. The summed E-state index contributed by atoms with van der Waals surface area (Å²) in [6, 6.07) is 0.207. The maximum atomic E-state index is 12.5. The number of nitrogens with zero attached hydrogens (tertiary/aromatic N) is 1. The van der Waals surface area contributed by atoms with E-state index < -0.39 is 5.54 Å². The maximum absolute atomic E-state index is 12.5. The third kappa shape index (κ3) is 4.51. The van der Waals surface area contributed by atoms with E-state index in [1.807, 2.05) is 4.90 Å².